The van der Waals surface area contributed by atoms with Crippen LogP contribution in [-0.4, -0.2) is 79.9 Å². The molecule has 2 aliphatic heterocycles. The molecule has 7 heteroatoms. The quantitative estimate of drug-likeness (QED) is 0.829. The Morgan fingerprint density at radius 1 is 1.36 bits per heavy atom. The van der Waals surface area contributed by atoms with Gasteiger partial charge in [0, 0.05) is 38.8 Å². The van der Waals surface area contributed by atoms with E-state index in [1.165, 1.54) is 7.11 Å². The van der Waals surface area contributed by atoms with Crippen LogP contribution in [0.3, 0.4) is 0 Å². The molecule has 0 spiro atoms. The minimum absolute atomic E-state index is 0.0810. The normalized spacial score (nSPS) is 23.3. The summed E-state index contributed by atoms with van der Waals surface area (Å²) in [5.74, 6) is 0.558. The molecule has 1 aromatic rings. The number of phenols is 1. The number of rotatable bonds is 4. The molecule has 0 saturated carbocycles. The van der Waals surface area contributed by atoms with Crippen molar-refractivity contribution in [3.8, 4) is 11.5 Å². The average molecular weight is 349 g/mol. The summed E-state index contributed by atoms with van der Waals surface area (Å²) in [4.78, 5) is 17.4. The topological polar surface area (TPSA) is 74.3 Å². The van der Waals surface area contributed by atoms with Gasteiger partial charge in [-0.05, 0) is 24.6 Å². The molecule has 138 valence electrons. The van der Waals surface area contributed by atoms with Gasteiger partial charge in [0.25, 0.3) is 0 Å². The molecule has 2 fully saturated rings. The van der Waals surface area contributed by atoms with Crippen LogP contribution in [0.2, 0.25) is 0 Å². The molecule has 0 aromatic heterocycles. The van der Waals surface area contributed by atoms with E-state index in [0.29, 0.717) is 38.1 Å². The zero-order valence-electron chi connectivity index (χ0n) is 14.9. The van der Waals surface area contributed by atoms with Crippen LogP contribution in [0.1, 0.15) is 18.5 Å². The fraction of sp³-hybridized carbons (Fsp3) is 0.611. The molecule has 1 amide bonds. The molecular formula is C18H27N3O4. The molecule has 7 nitrogen and oxygen atoms in total. The van der Waals surface area contributed by atoms with E-state index in [1.807, 2.05) is 11.0 Å². The van der Waals surface area contributed by atoms with Crippen LogP contribution in [-0.2, 0) is 9.53 Å². The second kappa shape index (κ2) is 8.03. The van der Waals surface area contributed by atoms with E-state index in [0.717, 1.165) is 25.2 Å². The smallest absolute Gasteiger partial charge is 0.244 e. The van der Waals surface area contributed by atoms with Gasteiger partial charge in [-0.1, -0.05) is 6.07 Å². The second-order valence-electron chi connectivity index (χ2n) is 6.62. The lowest BCUT2D eigenvalue weighted by Crippen LogP contribution is -2.54. The number of carbonyl (C=O) groups is 1. The van der Waals surface area contributed by atoms with Crippen LogP contribution in [0.15, 0.2) is 18.2 Å². The molecule has 0 radical (unpaired) electrons. The summed E-state index contributed by atoms with van der Waals surface area (Å²) in [6.45, 7) is 6.96. The first-order valence-electron chi connectivity index (χ1n) is 8.81. The van der Waals surface area contributed by atoms with Crippen molar-refractivity contribution in [2.75, 3.05) is 53.0 Å². The molecule has 25 heavy (non-hydrogen) atoms. The van der Waals surface area contributed by atoms with Crippen molar-refractivity contribution in [3.63, 3.8) is 0 Å². The Bertz CT molecular complexity index is 604. The highest BCUT2D eigenvalue weighted by Gasteiger charge is 2.34. The first kappa shape index (κ1) is 18.0. The molecule has 2 heterocycles. The minimum Gasteiger partial charge on any atom is -0.504 e. The fourth-order valence-corrected chi connectivity index (χ4v) is 3.53. The van der Waals surface area contributed by atoms with Crippen molar-refractivity contribution in [2.24, 2.45) is 0 Å². The maximum absolute atomic E-state index is 13.3. The van der Waals surface area contributed by atoms with E-state index in [2.05, 4.69) is 17.1 Å². The number of aromatic hydroxyl groups is 1. The highest BCUT2D eigenvalue weighted by atomic mass is 16.5. The summed E-state index contributed by atoms with van der Waals surface area (Å²) in [6.07, 6.45) is 0. The van der Waals surface area contributed by atoms with Gasteiger partial charge in [0.1, 0.15) is 6.04 Å². The van der Waals surface area contributed by atoms with Gasteiger partial charge in [-0.2, -0.15) is 0 Å². The molecule has 2 aliphatic rings. The fourth-order valence-electron chi connectivity index (χ4n) is 3.53. The number of ether oxygens (including phenoxy) is 2. The van der Waals surface area contributed by atoms with E-state index >= 15 is 0 Å². The zero-order valence-corrected chi connectivity index (χ0v) is 14.9. The van der Waals surface area contributed by atoms with Crippen LogP contribution in [0, 0.1) is 0 Å². The molecular weight excluding hydrogens is 322 g/mol. The lowest BCUT2D eigenvalue weighted by atomic mass is 10.0. The predicted molar refractivity (Wildman–Crippen MR) is 93.8 cm³/mol. The van der Waals surface area contributed by atoms with Gasteiger partial charge in [0.15, 0.2) is 11.5 Å². The van der Waals surface area contributed by atoms with Crippen molar-refractivity contribution >= 4 is 5.91 Å². The monoisotopic (exact) mass is 349 g/mol. The van der Waals surface area contributed by atoms with Gasteiger partial charge in [0.05, 0.1) is 20.3 Å². The van der Waals surface area contributed by atoms with Gasteiger partial charge in [-0.15, -0.1) is 0 Å². The Hall–Kier alpha value is -1.83. The number of hydrogen-bond acceptors (Lipinski definition) is 6. The van der Waals surface area contributed by atoms with E-state index < -0.39 is 0 Å². The summed E-state index contributed by atoms with van der Waals surface area (Å²) in [5.41, 5.74) is 0.847. The first-order valence-corrected chi connectivity index (χ1v) is 8.81. The molecule has 0 bridgehead atoms. The molecule has 3 rings (SSSR count). The molecule has 2 atom stereocenters. The summed E-state index contributed by atoms with van der Waals surface area (Å²) in [5, 5.41) is 13.3. The SMILES string of the molecule is COc1cc(C(C(=O)N2CCOCC2)N2CCNC(C)C2)ccc1O. The highest BCUT2D eigenvalue weighted by molar-refractivity contribution is 5.83. The van der Waals surface area contributed by atoms with Crippen molar-refractivity contribution in [1.82, 2.24) is 15.1 Å². The summed E-state index contributed by atoms with van der Waals surface area (Å²) in [6, 6.07) is 5.13. The number of piperazine rings is 1. The third-order valence-corrected chi connectivity index (χ3v) is 4.84. The number of carbonyl (C=O) groups excluding carboxylic acids is 1. The first-order chi connectivity index (χ1) is 12.1. The van der Waals surface area contributed by atoms with E-state index in [1.54, 1.807) is 12.1 Å². The predicted octanol–water partition coefficient (Wildman–Crippen LogP) is 0.594. The van der Waals surface area contributed by atoms with E-state index in [4.69, 9.17) is 9.47 Å². The Morgan fingerprint density at radius 3 is 2.80 bits per heavy atom. The van der Waals surface area contributed by atoms with Crippen LogP contribution >= 0.6 is 0 Å². The Morgan fingerprint density at radius 2 is 2.12 bits per heavy atom. The number of hydrogen-bond donors (Lipinski definition) is 2. The van der Waals surface area contributed by atoms with Crippen molar-refractivity contribution in [1.29, 1.82) is 0 Å². The number of morpholine rings is 1. The number of nitrogens with zero attached hydrogens (tertiary/aromatic N) is 2. The zero-order chi connectivity index (χ0) is 17.8. The minimum atomic E-state index is -0.378. The third-order valence-electron chi connectivity index (χ3n) is 4.84. The molecule has 1 aromatic carbocycles. The third kappa shape index (κ3) is 4.05. The molecule has 0 aliphatic carbocycles. The van der Waals surface area contributed by atoms with Crippen LogP contribution in [0.4, 0.5) is 0 Å². The number of benzene rings is 1. The number of amides is 1. The largest absolute Gasteiger partial charge is 0.504 e. The summed E-state index contributed by atoms with van der Waals surface area (Å²) < 4.78 is 10.6. The van der Waals surface area contributed by atoms with Gasteiger partial charge < -0.3 is 24.8 Å². The average Bonchev–Trinajstić information content (AvgIpc) is 2.64. The molecule has 2 unspecified atom stereocenters. The standard InChI is InChI=1S/C18H27N3O4/c1-13-12-21(6-5-19-13)17(18(23)20-7-9-25-10-8-20)14-3-4-15(22)16(11-14)24-2/h3-4,11,13,17,19,22H,5-10,12H2,1-2H3. The van der Waals surface area contributed by atoms with Crippen LogP contribution < -0.4 is 10.1 Å². The Kier molecular flexibility index (Phi) is 5.78. The maximum atomic E-state index is 13.3. The van der Waals surface area contributed by atoms with Gasteiger partial charge >= 0.3 is 0 Å². The number of methoxy groups -OCH3 is 1. The second-order valence-corrected chi connectivity index (χ2v) is 6.62. The number of phenolic OH excluding ortho intramolecular Hbond substituents is 1. The Labute approximate surface area is 148 Å². The van der Waals surface area contributed by atoms with Crippen molar-refractivity contribution in [2.45, 2.75) is 19.0 Å². The van der Waals surface area contributed by atoms with E-state index in [-0.39, 0.29) is 17.7 Å². The highest BCUT2D eigenvalue weighted by Crippen LogP contribution is 2.32. The van der Waals surface area contributed by atoms with Crippen molar-refractivity contribution in [3.05, 3.63) is 23.8 Å². The van der Waals surface area contributed by atoms with Crippen molar-refractivity contribution < 1.29 is 19.4 Å². The van der Waals surface area contributed by atoms with Gasteiger partial charge in [-0.3, -0.25) is 9.69 Å². The maximum Gasteiger partial charge on any atom is 0.244 e. The summed E-state index contributed by atoms with van der Waals surface area (Å²) in [7, 11) is 1.52. The summed E-state index contributed by atoms with van der Waals surface area (Å²) >= 11 is 0. The molecule has 2 saturated heterocycles. The lowest BCUT2D eigenvalue weighted by Gasteiger charge is -2.40. The van der Waals surface area contributed by atoms with Crippen LogP contribution in [0.5, 0.6) is 11.5 Å². The van der Waals surface area contributed by atoms with Gasteiger partial charge in [-0.25, -0.2) is 0 Å². The van der Waals surface area contributed by atoms with E-state index in [9.17, 15) is 9.90 Å². The lowest BCUT2D eigenvalue weighted by molar-refractivity contribution is -0.142. The number of nitrogens with one attached hydrogen (secondary N) is 1. The van der Waals surface area contributed by atoms with Gasteiger partial charge in [0.2, 0.25) is 5.91 Å². The molecule has 2 N–H and O–H groups in total. The Balaban J connectivity index is 1.91. The van der Waals surface area contributed by atoms with Crippen LogP contribution in [0.25, 0.3) is 0 Å².